The summed E-state index contributed by atoms with van der Waals surface area (Å²) in [6.07, 6.45) is 4.32. The molecule has 0 heterocycles. The topological polar surface area (TPSA) is 40.5 Å². The maximum Gasteiger partial charge on any atom is 0.103 e. The minimum atomic E-state index is -1.03. The fraction of sp³-hybridized carbons (Fsp3) is 0.714. The summed E-state index contributed by atoms with van der Waals surface area (Å²) in [4.78, 5) is 0. The van der Waals surface area contributed by atoms with Gasteiger partial charge in [-0.1, -0.05) is 19.1 Å². The molecule has 0 aliphatic rings. The molecule has 1 atom stereocenters. The van der Waals surface area contributed by atoms with Gasteiger partial charge in [0.25, 0.3) is 0 Å². The normalized spacial score (nSPS) is 18.2. The lowest BCUT2D eigenvalue weighted by Crippen LogP contribution is -2.25. The van der Waals surface area contributed by atoms with Crippen molar-refractivity contribution in [2.24, 2.45) is 0 Å². The van der Waals surface area contributed by atoms with Crippen molar-refractivity contribution in [1.82, 2.24) is 0 Å². The summed E-state index contributed by atoms with van der Waals surface area (Å²) in [5.74, 6) is 0. The van der Waals surface area contributed by atoms with Crippen molar-refractivity contribution in [2.45, 2.75) is 25.9 Å². The van der Waals surface area contributed by atoms with E-state index in [0.717, 1.165) is 6.42 Å². The summed E-state index contributed by atoms with van der Waals surface area (Å²) in [5.41, 5.74) is -1.03. The number of aliphatic hydroxyl groups excluding tert-OH is 1. The Balaban J connectivity index is 3.70. The number of rotatable bonds is 3. The fourth-order valence-electron chi connectivity index (χ4n) is 0.424. The molecule has 54 valence electrons. The van der Waals surface area contributed by atoms with Crippen LogP contribution in [0, 0.1) is 0 Å². The van der Waals surface area contributed by atoms with Gasteiger partial charge >= 0.3 is 0 Å². The first-order valence-electron chi connectivity index (χ1n) is 3.13. The third-order valence-electron chi connectivity index (χ3n) is 1.03. The summed E-state index contributed by atoms with van der Waals surface area (Å²) in [6, 6.07) is 0. The second-order valence-electron chi connectivity index (χ2n) is 2.33. The highest BCUT2D eigenvalue weighted by Crippen LogP contribution is 2.03. The lowest BCUT2D eigenvalue weighted by atomic mass is 10.1. The van der Waals surface area contributed by atoms with E-state index in [1.807, 2.05) is 13.0 Å². The molecule has 2 heteroatoms. The molecule has 1 unspecified atom stereocenters. The molecule has 2 nitrogen and oxygen atoms in total. The van der Waals surface area contributed by atoms with Crippen molar-refractivity contribution in [3.05, 3.63) is 12.2 Å². The molecule has 0 fully saturated rings. The lowest BCUT2D eigenvalue weighted by molar-refractivity contribution is 0.0433. The van der Waals surface area contributed by atoms with Gasteiger partial charge in [0.05, 0.1) is 6.61 Å². The van der Waals surface area contributed by atoms with Gasteiger partial charge in [0.15, 0.2) is 0 Å². The van der Waals surface area contributed by atoms with Crippen LogP contribution in [0.1, 0.15) is 20.3 Å². The average Bonchev–Trinajstić information content (AvgIpc) is 1.84. The van der Waals surface area contributed by atoms with Crippen molar-refractivity contribution in [1.29, 1.82) is 0 Å². The van der Waals surface area contributed by atoms with E-state index in [0.29, 0.717) is 0 Å². The molecule has 0 aromatic carbocycles. The van der Waals surface area contributed by atoms with Crippen LogP contribution in [0.2, 0.25) is 0 Å². The smallest absolute Gasteiger partial charge is 0.103 e. The maximum absolute atomic E-state index is 9.12. The molecular formula is C7H14O2. The minimum absolute atomic E-state index is 0.219. The second-order valence-corrected chi connectivity index (χ2v) is 2.33. The summed E-state index contributed by atoms with van der Waals surface area (Å²) < 4.78 is 0. The van der Waals surface area contributed by atoms with Crippen LogP contribution >= 0.6 is 0 Å². The number of hydrogen-bond donors (Lipinski definition) is 2. The molecule has 0 aliphatic heterocycles. The van der Waals surface area contributed by atoms with E-state index in [-0.39, 0.29) is 6.61 Å². The van der Waals surface area contributed by atoms with Crippen molar-refractivity contribution >= 4 is 0 Å². The van der Waals surface area contributed by atoms with Crippen LogP contribution in [0.4, 0.5) is 0 Å². The van der Waals surface area contributed by atoms with Gasteiger partial charge in [0, 0.05) is 0 Å². The monoisotopic (exact) mass is 130 g/mol. The molecule has 0 aromatic heterocycles. The van der Waals surface area contributed by atoms with Gasteiger partial charge in [-0.05, 0) is 13.3 Å². The Morgan fingerprint density at radius 3 is 2.44 bits per heavy atom. The Morgan fingerprint density at radius 1 is 1.56 bits per heavy atom. The van der Waals surface area contributed by atoms with E-state index in [4.69, 9.17) is 10.2 Å². The molecule has 0 aromatic rings. The zero-order valence-corrected chi connectivity index (χ0v) is 5.96. The van der Waals surface area contributed by atoms with Crippen molar-refractivity contribution in [2.75, 3.05) is 6.61 Å². The Bertz CT molecular complexity index is 95.1. The van der Waals surface area contributed by atoms with E-state index >= 15 is 0 Å². The zero-order chi connectivity index (χ0) is 7.33. The lowest BCUT2D eigenvalue weighted by Gasteiger charge is -2.13. The standard InChI is InChI=1S/C7H14O2/c1-3-4-5-7(2,9)6-8/h4-5,8-9H,3,6H2,1-2H3/b5-4+. The maximum atomic E-state index is 9.12. The van der Waals surface area contributed by atoms with E-state index in [2.05, 4.69) is 0 Å². The Morgan fingerprint density at radius 2 is 2.11 bits per heavy atom. The molecular weight excluding hydrogens is 116 g/mol. The van der Waals surface area contributed by atoms with Gasteiger partial charge < -0.3 is 10.2 Å². The average molecular weight is 130 g/mol. The fourth-order valence-corrected chi connectivity index (χ4v) is 0.424. The summed E-state index contributed by atoms with van der Waals surface area (Å²) in [5, 5.41) is 17.6. The van der Waals surface area contributed by atoms with Crippen LogP contribution in [0.25, 0.3) is 0 Å². The first-order chi connectivity index (χ1) is 4.12. The summed E-state index contributed by atoms with van der Waals surface area (Å²) >= 11 is 0. The molecule has 0 aliphatic carbocycles. The van der Waals surface area contributed by atoms with E-state index < -0.39 is 5.60 Å². The van der Waals surface area contributed by atoms with Gasteiger partial charge in [-0.3, -0.25) is 0 Å². The van der Waals surface area contributed by atoms with Gasteiger partial charge in [0.1, 0.15) is 5.60 Å². The van der Waals surface area contributed by atoms with Crippen molar-refractivity contribution in [3.63, 3.8) is 0 Å². The molecule has 0 spiro atoms. The second kappa shape index (κ2) is 3.64. The quantitative estimate of drug-likeness (QED) is 0.552. The Labute approximate surface area is 55.8 Å². The highest BCUT2D eigenvalue weighted by atomic mass is 16.3. The summed E-state index contributed by atoms with van der Waals surface area (Å²) in [6.45, 7) is 3.33. The van der Waals surface area contributed by atoms with E-state index in [1.54, 1.807) is 13.0 Å². The minimum Gasteiger partial charge on any atom is -0.393 e. The molecule has 2 N–H and O–H groups in total. The van der Waals surface area contributed by atoms with Crippen LogP contribution in [0.5, 0.6) is 0 Å². The number of aliphatic hydroxyl groups is 2. The van der Waals surface area contributed by atoms with Gasteiger partial charge in [-0.25, -0.2) is 0 Å². The predicted octanol–water partition coefficient (Wildman–Crippen LogP) is 0.696. The zero-order valence-electron chi connectivity index (χ0n) is 5.96. The highest BCUT2D eigenvalue weighted by molar-refractivity contribution is 4.97. The Kier molecular flexibility index (Phi) is 3.50. The third kappa shape index (κ3) is 4.18. The van der Waals surface area contributed by atoms with Gasteiger partial charge in [-0.15, -0.1) is 0 Å². The molecule has 0 amide bonds. The molecule has 9 heavy (non-hydrogen) atoms. The highest BCUT2D eigenvalue weighted by Gasteiger charge is 2.12. The predicted molar refractivity (Wildman–Crippen MR) is 37.1 cm³/mol. The van der Waals surface area contributed by atoms with Crippen LogP contribution in [-0.2, 0) is 0 Å². The van der Waals surface area contributed by atoms with Crippen molar-refractivity contribution in [3.8, 4) is 0 Å². The van der Waals surface area contributed by atoms with Gasteiger partial charge in [-0.2, -0.15) is 0 Å². The third-order valence-corrected chi connectivity index (χ3v) is 1.03. The van der Waals surface area contributed by atoms with Crippen LogP contribution < -0.4 is 0 Å². The summed E-state index contributed by atoms with van der Waals surface area (Å²) in [7, 11) is 0. The molecule has 0 radical (unpaired) electrons. The molecule has 0 rings (SSSR count). The van der Waals surface area contributed by atoms with Crippen LogP contribution in [-0.4, -0.2) is 22.4 Å². The number of allylic oxidation sites excluding steroid dienone is 1. The van der Waals surface area contributed by atoms with Gasteiger partial charge in [0.2, 0.25) is 0 Å². The van der Waals surface area contributed by atoms with E-state index in [9.17, 15) is 0 Å². The first-order valence-corrected chi connectivity index (χ1v) is 3.13. The Hall–Kier alpha value is -0.340. The SMILES string of the molecule is CC/C=C/C(C)(O)CO. The number of hydrogen-bond acceptors (Lipinski definition) is 2. The van der Waals surface area contributed by atoms with Crippen molar-refractivity contribution < 1.29 is 10.2 Å². The molecule has 0 bridgehead atoms. The van der Waals surface area contributed by atoms with E-state index in [1.165, 1.54) is 0 Å². The first kappa shape index (κ1) is 8.66. The largest absolute Gasteiger partial charge is 0.393 e. The van der Waals surface area contributed by atoms with Crippen LogP contribution in [0.15, 0.2) is 12.2 Å². The molecule has 0 saturated heterocycles. The molecule has 0 saturated carbocycles. The van der Waals surface area contributed by atoms with Crippen LogP contribution in [0.3, 0.4) is 0 Å².